The third-order valence-corrected chi connectivity index (χ3v) is 2.67. The fourth-order valence-electron chi connectivity index (χ4n) is 1.77. The molecule has 0 radical (unpaired) electrons. The molecular formula is C13H17N5O. The maximum absolute atomic E-state index is 12.1. The van der Waals surface area contributed by atoms with Gasteiger partial charge in [-0.1, -0.05) is 0 Å². The van der Waals surface area contributed by atoms with E-state index in [-0.39, 0.29) is 5.91 Å². The van der Waals surface area contributed by atoms with Crippen LogP contribution < -0.4 is 10.2 Å². The van der Waals surface area contributed by atoms with Crippen LogP contribution in [0, 0.1) is 0 Å². The minimum atomic E-state index is -0.138. The lowest BCUT2D eigenvalue weighted by atomic mass is 10.2. The maximum atomic E-state index is 12.1. The molecule has 0 aliphatic rings. The van der Waals surface area contributed by atoms with Gasteiger partial charge in [-0.05, 0) is 12.1 Å². The van der Waals surface area contributed by atoms with Crippen LogP contribution in [0.5, 0.6) is 0 Å². The number of hydrogen-bond acceptors (Lipinski definition) is 4. The molecule has 0 saturated carbocycles. The van der Waals surface area contributed by atoms with Crippen LogP contribution in [0.4, 0.5) is 5.82 Å². The molecule has 2 rings (SSSR count). The van der Waals surface area contributed by atoms with Gasteiger partial charge >= 0.3 is 0 Å². The van der Waals surface area contributed by atoms with Crippen LogP contribution >= 0.6 is 0 Å². The fraction of sp³-hybridized carbons (Fsp3) is 0.308. The molecular weight excluding hydrogens is 242 g/mol. The van der Waals surface area contributed by atoms with Crippen molar-refractivity contribution in [2.75, 3.05) is 19.0 Å². The fourth-order valence-corrected chi connectivity index (χ4v) is 1.77. The summed E-state index contributed by atoms with van der Waals surface area (Å²) in [5.41, 5.74) is 1.53. The molecule has 2 aromatic rings. The number of aryl methyl sites for hydroxylation is 1. The van der Waals surface area contributed by atoms with Gasteiger partial charge in [0, 0.05) is 45.6 Å². The van der Waals surface area contributed by atoms with Crippen LogP contribution in [-0.4, -0.2) is 34.8 Å². The number of anilines is 1. The lowest BCUT2D eigenvalue weighted by Gasteiger charge is -2.15. The first kappa shape index (κ1) is 13.1. The molecule has 2 aromatic heterocycles. The molecule has 0 aliphatic heterocycles. The van der Waals surface area contributed by atoms with Crippen molar-refractivity contribution in [3.63, 3.8) is 0 Å². The van der Waals surface area contributed by atoms with Gasteiger partial charge in [0.05, 0.1) is 11.8 Å². The zero-order valence-corrected chi connectivity index (χ0v) is 11.3. The van der Waals surface area contributed by atoms with Gasteiger partial charge in [-0.2, -0.15) is 5.10 Å². The van der Waals surface area contributed by atoms with Crippen molar-refractivity contribution in [3.05, 3.63) is 41.9 Å². The van der Waals surface area contributed by atoms with Crippen molar-refractivity contribution < 1.29 is 4.79 Å². The lowest BCUT2D eigenvalue weighted by Crippen LogP contribution is -2.25. The molecule has 0 aliphatic carbocycles. The highest BCUT2D eigenvalue weighted by Gasteiger charge is 2.13. The Hall–Kier alpha value is -2.37. The Morgan fingerprint density at radius 1 is 1.47 bits per heavy atom. The van der Waals surface area contributed by atoms with Gasteiger partial charge in [0.15, 0.2) is 0 Å². The van der Waals surface area contributed by atoms with Crippen molar-refractivity contribution in [1.29, 1.82) is 0 Å². The average Bonchev–Trinajstić information content (AvgIpc) is 2.81. The second kappa shape index (κ2) is 5.51. The molecule has 1 N–H and O–H groups in total. The van der Waals surface area contributed by atoms with Crippen LogP contribution in [0.3, 0.4) is 0 Å². The summed E-state index contributed by atoms with van der Waals surface area (Å²) in [4.78, 5) is 18.2. The van der Waals surface area contributed by atoms with E-state index in [9.17, 15) is 4.79 Å². The van der Waals surface area contributed by atoms with Crippen LogP contribution in [0.15, 0.2) is 30.7 Å². The minimum Gasteiger partial charge on any atom is -0.362 e. The second-order valence-electron chi connectivity index (χ2n) is 4.47. The molecule has 2 heterocycles. The van der Waals surface area contributed by atoms with Gasteiger partial charge in [-0.15, -0.1) is 0 Å². The number of carbonyl (C=O) groups is 1. The van der Waals surface area contributed by atoms with E-state index in [2.05, 4.69) is 15.4 Å². The molecule has 100 valence electrons. The summed E-state index contributed by atoms with van der Waals surface area (Å²) in [6.07, 6.45) is 5.28. The van der Waals surface area contributed by atoms with E-state index < -0.39 is 0 Å². The Morgan fingerprint density at radius 2 is 2.26 bits per heavy atom. The van der Waals surface area contributed by atoms with E-state index in [0.717, 1.165) is 5.56 Å². The normalized spacial score (nSPS) is 10.3. The predicted molar refractivity (Wildman–Crippen MR) is 72.9 cm³/mol. The summed E-state index contributed by atoms with van der Waals surface area (Å²) in [5, 5.41) is 6.92. The van der Waals surface area contributed by atoms with Crippen LogP contribution in [-0.2, 0) is 13.6 Å². The van der Waals surface area contributed by atoms with Gasteiger partial charge < -0.3 is 10.2 Å². The molecule has 6 nitrogen and oxygen atoms in total. The van der Waals surface area contributed by atoms with Crippen LogP contribution in [0.1, 0.15) is 15.9 Å². The van der Waals surface area contributed by atoms with Crippen molar-refractivity contribution in [2.45, 2.75) is 6.54 Å². The Morgan fingerprint density at radius 3 is 2.89 bits per heavy atom. The third-order valence-electron chi connectivity index (χ3n) is 2.67. The van der Waals surface area contributed by atoms with E-state index in [4.69, 9.17) is 0 Å². The standard InChI is InChI=1S/C13H17N5O/c1-17(2)12-11(5-4-6-14-12)13(19)15-7-10-8-16-18(3)9-10/h4-6,8-9H,7H2,1-3H3,(H,15,19). The van der Waals surface area contributed by atoms with Crippen molar-refractivity contribution in [2.24, 2.45) is 7.05 Å². The summed E-state index contributed by atoms with van der Waals surface area (Å²) >= 11 is 0. The van der Waals surface area contributed by atoms with E-state index in [1.54, 1.807) is 29.2 Å². The Kier molecular flexibility index (Phi) is 3.79. The summed E-state index contributed by atoms with van der Waals surface area (Å²) in [6.45, 7) is 0.453. The van der Waals surface area contributed by atoms with Gasteiger partial charge in [-0.25, -0.2) is 4.98 Å². The highest BCUT2D eigenvalue weighted by molar-refractivity contribution is 5.98. The van der Waals surface area contributed by atoms with Gasteiger partial charge in [-0.3, -0.25) is 9.48 Å². The number of nitrogens with zero attached hydrogens (tertiary/aromatic N) is 4. The van der Waals surface area contributed by atoms with Crippen molar-refractivity contribution >= 4 is 11.7 Å². The number of carbonyl (C=O) groups excluding carboxylic acids is 1. The number of aromatic nitrogens is 3. The first-order valence-electron chi connectivity index (χ1n) is 5.96. The van der Waals surface area contributed by atoms with Gasteiger partial charge in [0.1, 0.15) is 5.82 Å². The van der Waals surface area contributed by atoms with E-state index >= 15 is 0 Å². The molecule has 0 atom stereocenters. The monoisotopic (exact) mass is 259 g/mol. The van der Waals surface area contributed by atoms with Crippen LogP contribution in [0.25, 0.3) is 0 Å². The lowest BCUT2D eigenvalue weighted by molar-refractivity contribution is 0.0951. The minimum absolute atomic E-state index is 0.138. The van der Waals surface area contributed by atoms with E-state index in [0.29, 0.717) is 17.9 Å². The topological polar surface area (TPSA) is 63.1 Å². The molecule has 0 aromatic carbocycles. The zero-order valence-electron chi connectivity index (χ0n) is 11.3. The molecule has 19 heavy (non-hydrogen) atoms. The summed E-state index contributed by atoms with van der Waals surface area (Å²) in [6, 6.07) is 3.52. The number of nitrogens with one attached hydrogen (secondary N) is 1. The second-order valence-corrected chi connectivity index (χ2v) is 4.47. The molecule has 0 saturated heterocycles. The number of amides is 1. The maximum Gasteiger partial charge on any atom is 0.255 e. The molecule has 1 amide bonds. The van der Waals surface area contributed by atoms with E-state index in [1.807, 2.05) is 32.2 Å². The molecule has 0 bridgehead atoms. The Labute approximate surface area is 112 Å². The smallest absolute Gasteiger partial charge is 0.255 e. The predicted octanol–water partition coefficient (Wildman–Crippen LogP) is 0.811. The van der Waals surface area contributed by atoms with Crippen molar-refractivity contribution in [3.8, 4) is 0 Å². The molecule has 6 heteroatoms. The summed E-state index contributed by atoms with van der Waals surface area (Å²) < 4.78 is 1.71. The average molecular weight is 259 g/mol. The number of rotatable bonds is 4. The first-order valence-corrected chi connectivity index (χ1v) is 5.96. The largest absolute Gasteiger partial charge is 0.362 e. The number of pyridine rings is 1. The number of hydrogen-bond donors (Lipinski definition) is 1. The first-order chi connectivity index (χ1) is 9.08. The third kappa shape index (κ3) is 3.09. The molecule has 0 unspecified atom stereocenters. The van der Waals surface area contributed by atoms with Gasteiger partial charge in [0.25, 0.3) is 5.91 Å². The highest BCUT2D eigenvalue weighted by atomic mass is 16.1. The van der Waals surface area contributed by atoms with Crippen molar-refractivity contribution in [1.82, 2.24) is 20.1 Å². The molecule has 0 fully saturated rings. The Balaban J connectivity index is 2.08. The highest BCUT2D eigenvalue weighted by Crippen LogP contribution is 2.14. The molecule has 0 spiro atoms. The quantitative estimate of drug-likeness (QED) is 0.882. The SMILES string of the molecule is CN(C)c1ncccc1C(=O)NCc1cnn(C)c1. The zero-order chi connectivity index (χ0) is 13.8. The summed E-state index contributed by atoms with van der Waals surface area (Å²) in [7, 11) is 5.57. The van der Waals surface area contributed by atoms with E-state index in [1.165, 1.54) is 0 Å². The van der Waals surface area contributed by atoms with Gasteiger partial charge in [0.2, 0.25) is 0 Å². The Bertz CT molecular complexity index is 576. The summed E-state index contributed by atoms with van der Waals surface area (Å²) in [5.74, 6) is 0.520. The van der Waals surface area contributed by atoms with Crippen LogP contribution in [0.2, 0.25) is 0 Å².